The number of carbonyl (C=O) groups excluding carboxylic acids is 1. The maximum absolute atomic E-state index is 11.6. The number of hydrogen-bond donors (Lipinski definition) is 2. The molecule has 3 nitrogen and oxygen atoms in total. The van der Waals surface area contributed by atoms with E-state index in [9.17, 15) is 4.79 Å². The van der Waals surface area contributed by atoms with Crippen LogP contribution in [0.3, 0.4) is 0 Å². The van der Waals surface area contributed by atoms with E-state index >= 15 is 0 Å². The van der Waals surface area contributed by atoms with Crippen molar-refractivity contribution in [2.75, 3.05) is 6.54 Å². The molecule has 0 saturated heterocycles. The molecular weight excluding hydrogens is 260 g/mol. The highest BCUT2D eigenvalue weighted by molar-refractivity contribution is 5.74. The van der Waals surface area contributed by atoms with Gasteiger partial charge in [0.1, 0.15) is 0 Å². The maximum atomic E-state index is 11.6. The second-order valence-electron chi connectivity index (χ2n) is 6.61. The van der Waals surface area contributed by atoms with E-state index in [2.05, 4.69) is 31.4 Å². The highest BCUT2D eigenvalue weighted by Gasteiger charge is 2.09. The topological polar surface area (TPSA) is 41.1 Å². The lowest BCUT2D eigenvalue weighted by Gasteiger charge is -2.17. The number of amides is 2. The van der Waals surface area contributed by atoms with Gasteiger partial charge in [0.15, 0.2) is 0 Å². The van der Waals surface area contributed by atoms with Crippen molar-refractivity contribution < 1.29 is 4.79 Å². The van der Waals surface area contributed by atoms with Gasteiger partial charge in [0.25, 0.3) is 0 Å². The molecule has 0 aromatic heterocycles. The highest BCUT2D eigenvalue weighted by Crippen LogP contribution is 2.10. The molecule has 0 aliphatic heterocycles. The van der Waals surface area contributed by atoms with E-state index in [4.69, 9.17) is 0 Å². The molecule has 126 valence electrons. The second kappa shape index (κ2) is 14.2. The Kier molecular flexibility index (Phi) is 13.7. The van der Waals surface area contributed by atoms with Crippen LogP contribution in [0.1, 0.15) is 91.9 Å². The van der Waals surface area contributed by atoms with E-state index in [0.717, 1.165) is 13.0 Å². The van der Waals surface area contributed by atoms with Crippen LogP contribution in [-0.4, -0.2) is 18.6 Å². The normalized spacial score (nSPS) is 12.4. The fourth-order valence-electron chi connectivity index (χ4n) is 2.24. The summed E-state index contributed by atoms with van der Waals surface area (Å²) >= 11 is 0. The van der Waals surface area contributed by atoms with Gasteiger partial charge in [0, 0.05) is 12.6 Å². The molecule has 0 radical (unpaired) electrons. The molecule has 3 heteroatoms. The van der Waals surface area contributed by atoms with Gasteiger partial charge in [-0.3, -0.25) is 0 Å². The zero-order chi connectivity index (χ0) is 15.9. The molecule has 0 bridgehead atoms. The number of hydrogen-bond acceptors (Lipinski definition) is 1. The van der Waals surface area contributed by atoms with E-state index in [1.165, 1.54) is 57.8 Å². The summed E-state index contributed by atoms with van der Waals surface area (Å²) in [5.74, 6) is 0.480. The van der Waals surface area contributed by atoms with Crippen molar-refractivity contribution in [3.8, 4) is 0 Å². The third kappa shape index (κ3) is 14.0. The second-order valence-corrected chi connectivity index (χ2v) is 6.61. The van der Waals surface area contributed by atoms with Gasteiger partial charge in [0.05, 0.1) is 0 Å². The first-order chi connectivity index (χ1) is 10.1. The summed E-state index contributed by atoms with van der Waals surface area (Å²) < 4.78 is 0. The smallest absolute Gasteiger partial charge is 0.315 e. The van der Waals surface area contributed by atoms with E-state index in [1.54, 1.807) is 0 Å². The zero-order valence-electron chi connectivity index (χ0n) is 14.8. The lowest BCUT2D eigenvalue weighted by molar-refractivity contribution is 0.234. The van der Waals surface area contributed by atoms with Gasteiger partial charge >= 0.3 is 6.03 Å². The van der Waals surface area contributed by atoms with E-state index < -0.39 is 0 Å². The summed E-state index contributed by atoms with van der Waals surface area (Å²) in [6.07, 6.45) is 13.3. The third-order valence-electron chi connectivity index (χ3n) is 4.17. The Bertz CT molecular complexity index is 241. The molecule has 0 aromatic rings. The highest BCUT2D eigenvalue weighted by atomic mass is 16.2. The lowest BCUT2D eigenvalue weighted by atomic mass is 10.1. The lowest BCUT2D eigenvalue weighted by Crippen LogP contribution is -2.43. The average Bonchev–Trinajstić information content (AvgIpc) is 2.44. The third-order valence-corrected chi connectivity index (χ3v) is 4.17. The van der Waals surface area contributed by atoms with E-state index in [0.29, 0.717) is 5.92 Å². The summed E-state index contributed by atoms with van der Waals surface area (Å²) in [6, 6.07) is 0.213. The largest absolute Gasteiger partial charge is 0.338 e. The first kappa shape index (κ1) is 20.3. The Labute approximate surface area is 132 Å². The fraction of sp³-hybridized carbons (Fsp3) is 0.944. The molecule has 1 atom stereocenters. The molecule has 21 heavy (non-hydrogen) atoms. The van der Waals surface area contributed by atoms with Crippen molar-refractivity contribution in [3.63, 3.8) is 0 Å². The van der Waals surface area contributed by atoms with Crippen LogP contribution < -0.4 is 10.6 Å². The van der Waals surface area contributed by atoms with Crippen LogP contribution in [0.4, 0.5) is 4.79 Å². The predicted molar refractivity (Wildman–Crippen MR) is 92.7 cm³/mol. The summed E-state index contributed by atoms with van der Waals surface area (Å²) in [4.78, 5) is 11.6. The quantitative estimate of drug-likeness (QED) is 0.448. The Morgan fingerprint density at radius 3 is 1.76 bits per heavy atom. The first-order valence-electron chi connectivity index (χ1n) is 9.12. The van der Waals surface area contributed by atoms with Gasteiger partial charge < -0.3 is 10.6 Å². The minimum atomic E-state index is -0.0212. The molecule has 0 unspecified atom stereocenters. The Morgan fingerprint density at radius 1 is 0.810 bits per heavy atom. The van der Waals surface area contributed by atoms with Gasteiger partial charge in [-0.15, -0.1) is 0 Å². The molecular formula is C18H38N2O. The van der Waals surface area contributed by atoms with Gasteiger partial charge in [-0.1, -0.05) is 78.6 Å². The maximum Gasteiger partial charge on any atom is 0.315 e. The van der Waals surface area contributed by atoms with E-state index in [1.807, 2.05) is 6.92 Å². The van der Waals surface area contributed by atoms with Crippen molar-refractivity contribution in [2.24, 2.45) is 5.92 Å². The predicted octanol–water partition coefficient (Wildman–Crippen LogP) is 5.25. The molecule has 2 N–H and O–H groups in total. The number of nitrogens with one attached hydrogen (secondary N) is 2. The standard InChI is InChI=1S/C18H38N2O/c1-5-6-7-8-9-10-11-12-13-14-15-19-18(21)20-17(4)16(2)3/h16-17H,5-15H2,1-4H3,(H2,19,20,21)/t17-/m0/s1. The molecule has 0 aliphatic rings. The number of unbranched alkanes of at least 4 members (excludes halogenated alkanes) is 9. The first-order valence-corrected chi connectivity index (χ1v) is 9.12. The van der Waals surface area contributed by atoms with Gasteiger partial charge in [-0.2, -0.15) is 0 Å². The Balaban J connectivity index is 3.23. The van der Waals surface area contributed by atoms with Crippen molar-refractivity contribution in [1.29, 1.82) is 0 Å². The fourth-order valence-corrected chi connectivity index (χ4v) is 2.24. The molecule has 2 amide bonds. The van der Waals surface area contributed by atoms with Crippen LogP contribution in [0.15, 0.2) is 0 Å². The van der Waals surface area contributed by atoms with Crippen LogP contribution in [0.2, 0.25) is 0 Å². The molecule has 0 fully saturated rings. The van der Waals surface area contributed by atoms with Crippen LogP contribution in [0, 0.1) is 5.92 Å². The molecule has 0 rings (SSSR count). The van der Waals surface area contributed by atoms with Gasteiger partial charge in [0.2, 0.25) is 0 Å². The minimum absolute atomic E-state index is 0.0212. The van der Waals surface area contributed by atoms with Crippen molar-refractivity contribution >= 4 is 6.03 Å². The minimum Gasteiger partial charge on any atom is -0.338 e. The molecule has 0 saturated carbocycles. The molecule has 0 aliphatic carbocycles. The Morgan fingerprint density at radius 2 is 1.29 bits per heavy atom. The molecule has 0 spiro atoms. The van der Waals surface area contributed by atoms with Gasteiger partial charge in [-0.05, 0) is 19.3 Å². The van der Waals surface area contributed by atoms with E-state index in [-0.39, 0.29) is 12.1 Å². The van der Waals surface area contributed by atoms with Crippen molar-refractivity contribution in [3.05, 3.63) is 0 Å². The van der Waals surface area contributed by atoms with Crippen molar-refractivity contribution in [2.45, 2.75) is 97.9 Å². The summed E-state index contributed by atoms with van der Waals surface area (Å²) in [5.41, 5.74) is 0. The zero-order valence-corrected chi connectivity index (χ0v) is 14.8. The SMILES string of the molecule is CCCCCCCCCCCCNC(=O)N[C@@H](C)C(C)C. The summed E-state index contributed by atoms with van der Waals surface area (Å²) in [6.45, 7) is 9.34. The number of carbonyl (C=O) groups is 1. The molecule has 0 heterocycles. The van der Waals surface area contributed by atoms with Crippen LogP contribution in [0.25, 0.3) is 0 Å². The summed E-state index contributed by atoms with van der Waals surface area (Å²) in [5, 5.41) is 5.91. The monoisotopic (exact) mass is 298 g/mol. The van der Waals surface area contributed by atoms with Crippen LogP contribution in [0.5, 0.6) is 0 Å². The van der Waals surface area contributed by atoms with Crippen LogP contribution >= 0.6 is 0 Å². The number of urea groups is 1. The molecule has 0 aromatic carbocycles. The average molecular weight is 299 g/mol. The number of rotatable bonds is 13. The Hall–Kier alpha value is -0.730. The van der Waals surface area contributed by atoms with Crippen molar-refractivity contribution in [1.82, 2.24) is 10.6 Å². The van der Waals surface area contributed by atoms with Crippen LogP contribution in [-0.2, 0) is 0 Å². The summed E-state index contributed by atoms with van der Waals surface area (Å²) in [7, 11) is 0. The van der Waals surface area contributed by atoms with Gasteiger partial charge in [-0.25, -0.2) is 4.79 Å².